The van der Waals surface area contributed by atoms with Crippen LogP contribution in [-0.4, -0.2) is 19.6 Å². The zero-order valence-electron chi connectivity index (χ0n) is 11.6. The molecule has 0 aliphatic heterocycles. The van der Waals surface area contributed by atoms with Crippen LogP contribution in [0.4, 0.5) is 11.4 Å². The molecule has 2 rings (SSSR count). The van der Waals surface area contributed by atoms with Gasteiger partial charge >= 0.3 is 0 Å². The molecule has 0 spiro atoms. The number of rotatable bonds is 5. The number of hydrogen-bond donors (Lipinski definition) is 2. The van der Waals surface area contributed by atoms with E-state index in [0.29, 0.717) is 0 Å². The Balaban J connectivity index is 1.83. The normalized spacial score (nSPS) is 9.90. The van der Waals surface area contributed by atoms with Gasteiger partial charge in [-0.05, 0) is 43.3 Å². The predicted octanol–water partition coefficient (Wildman–Crippen LogP) is 3.05. The van der Waals surface area contributed by atoms with Crippen LogP contribution < -0.4 is 15.4 Å². The molecule has 0 heterocycles. The summed E-state index contributed by atoms with van der Waals surface area (Å²) >= 11 is 0. The first kappa shape index (κ1) is 13.9. The fraction of sp³-hybridized carbons (Fsp3) is 0.188. The summed E-state index contributed by atoms with van der Waals surface area (Å²) in [5.41, 5.74) is 2.85. The Morgan fingerprint density at radius 3 is 2.20 bits per heavy atom. The lowest BCUT2D eigenvalue weighted by Crippen LogP contribution is -2.21. The van der Waals surface area contributed by atoms with Crippen molar-refractivity contribution in [1.82, 2.24) is 0 Å². The number of hydrogen-bond acceptors (Lipinski definition) is 3. The van der Waals surface area contributed by atoms with E-state index in [4.69, 9.17) is 4.74 Å². The summed E-state index contributed by atoms with van der Waals surface area (Å²) in [6.45, 7) is 2.23. The number of nitrogens with one attached hydrogen (secondary N) is 2. The minimum atomic E-state index is -0.0790. The molecular formula is C16H18N2O2. The van der Waals surface area contributed by atoms with Gasteiger partial charge in [0.05, 0.1) is 13.7 Å². The molecule has 0 radical (unpaired) electrons. The van der Waals surface area contributed by atoms with Gasteiger partial charge < -0.3 is 15.4 Å². The number of anilines is 2. The number of aryl methyl sites for hydroxylation is 1. The maximum absolute atomic E-state index is 11.8. The highest BCUT2D eigenvalue weighted by Crippen LogP contribution is 2.14. The zero-order valence-corrected chi connectivity index (χ0v) is 11.6. The molecule has 2 N–H and O–H groups in total. The molecule has 4 heteroatoms. The predicted molar refractivity (Wildman–Crippen MR) is 81.3 cm³/mol. The van der Waals surface area contributed by atoms with Crippen LogP contribution in [0.25, 0.3) is 0 Å². The second-order valence-corrected chi connectivity index (χ2v) is 4.50. The summed E-state index contributed by atoms with van der Waals surface area (Å²) in [5.74, 6) is 0.712. The van der Waals surface area contributed by atoms with Crippen LogP contribution >= 0.6 is 0 Å². The van der Waals surface area contributed by atoms with Crippen LogP contribution in [0.3, 0.4) is 0 Å². The van der Waals surface area contributed by atoms with E-state index in [9.17, 15) is 4.79 Å². The Kier molecular flexibility index (Phi) is 4.60. The summed E-state index contributed by atoms with van der Waals surface area (Å²) in [6, 6.07) is 15.1. The van der Waals surface area contributed by atoms with Gasteiger partial charge in [0.1, 0.15) is 5.75 Å². The molecule has 0 atom stereocenters. The number of carbonyl (C=O) groups is 1. The number of benzene rings is 2. The number of ether oxygens (including phenoxy) is 1. The van der Waals surface area contributed by atoms with Crippen molar-refractivity contribution in [2.45, 2.75) is 6.92 Å². The summed E-state index contributed by atoms with van der Waals surface area (Å²) in [4.78, 5) is 11.8. The number of amides is 1. The highest BCUT2D eigenvalue weighted by molar-refractivity contribution is 5.93. The van der Waals surface area contributed by atoms with E-state index >= 15 is 0 Å². The third-order valence-corrected chi connectivity index (χ3v) is 2.88. The van der Waals surface area contributed by atoms with Crippen molar-refractivity contribution in [3.05, 3.63) is 54.1 Å². The second kappa shape index (κ2) is 6.61. The van der Waals surface area contributed by atoms with Crippen LogP contribution in [0.2, 0.25) is 0 Å². The summed E-state index contributed by atoms with van der Waals surface area (Å²) in [6.07, 6.45) is 0. The van der Waals surface area contributed by atoms with Crippen molar-refractivity contribution < 1.29 is 9.53 Å². The Labute approximate surface area is 118 Å². The first-order chi connectivity index (χ1) is 9.67. The highest BCUT2D eigenvalue weighted by Gasteiger charge is 2.02. The van der Waals surface area contributed by atoms with Gasteiger partial charge in [-0.1, -0.05) is 17.7 Å². The van der Waals surface area contributed by atoms with Crippen molar-refractivity contribution in [2.75, 3.05) is 24.3 Å². The molecule has 2 aromatic carbocycles. The van der Waals surface area contributed by atoms with E-state index < -0.39 is 0 Å². The largest absolute Gasteiger partial charge is 0.497 e. The highest BCUT2D eigenvalue weighted by atomic mass is 16.5. The molecule has 0 aliphatic carbocycles. The molecule has 0 bridgehead atoms. The Hall–Kier alpha value is -2.49. The standard InChI is InChI=1S/C16H18N2O2/c1-12-3-5-14(6-4-12)18-16(19)11-17-13-7-9-15(20-2)10-8-13/h3-10,17H,11H2,1-2H3,(H,18,19). The Bertz CT molecular complexity index is 562. The van der Waals surface area contributed by atoms with Gasteiger partial charge in [-0.25, -0.2) is 0 Å². The Morgan fingerprint density at radius 2 is 1.60 bits per heavy atom. The van der Waals surface area contributed by atoms with Crippen LogP contribution in [0.5, 0.6) is 5.75 Å². The van der Waals surface area contributed by atoms with Crippen LogP contribution in [0.1, 0.15) is 5.56 Å². The van der Waals surface area contributed by atoms with Gasteiger partial charge in [0, 0.05) is 11.4 Å². The third kappa shape index (κ3) is 4.02. The maximum atomic E-state index is 11.8. The van der Waals surface area contributed by atoms with Crippen molar-refractivity contribution >= 4 is 17.3 Å². The van der Waals surface area contributed by atoms with Crippen LogP contribution in [0, 0.1) is 6.92 Å². The van der Waals surface area contributed by atoms with Gasteiger partial charge in [0.25, 0.3) is 0 Å². The first-order valence-electron chi connectivity index (χ1n) is 6.42. The molecule has 0 aromatic heterocycles. The SMILES string of the molecule is COc1ccc(NCC(=O)Nc2ccc(C)cc2)cc1. The minimum Gasteiger partial charge on any atom is -0.497 e. The van der Waals surface area contributed by atoms with Gasteiger partial charge in [-0.15, -0.1) is 0 Å². The van der Waals surface area contributed by atoms with E-state index in [-0.39, 0.29) is 12.5 Å². The smallest absolute Gasteiger partial charge is 0.243 e. The van der Waals surface area contributed by atoms with Gasteiger partial charge in [-0.3, -0.25) is 4.79 Å². The molecular weight excluding hydrogens is 252 g/mol. The fourth-order valence-corrected chi connectivity index (χ4v) is 1.73. The number of carbonyl (C=O) groups excluding carboxylic acids is 1. The molecule has 4 nitrogen and oxygen atoms in total. The minimum absolute atomic E-state index is 0.0790. The first-order valence-corrected chi connectivity index (χ1v) is 6.42. The second-order valence-electron chi connectivity index (χ2n) is 4.50. The lowest BCUT2D eigenvalue weighted by Gasteiger charge is -2.08. The lowest BCUT2D eigenvalue weighted by atomic mass is 10.2. The van der Waals surface area contributed by atoms with Crippen LogP contribution in [-0.2, 0) is 4.79 Å². The lowest BCUT2D eigenvalue weighted by molar-refractivity contribution is -0.114. The van der Waals surface area contributed by atoms with Crippen molar-refractivity contribution in [1.29, 1.82) is 0 Å². The molecule has 0 saturated heterocycles. The third-order valence-electron chi connectivity index (χ3n) is 2.88. The summed E-state index contributed by atoms with van der Waals surface area (Å²) in [5, 5.41) is 5.90. The Morgan fingerprint density at radius 1 is 1.00 bits per heavy atom. The van der Waals surface area contributed by atoms with Crippen molar-refractivity contribution in [3.63, 3.8) is 0 Å². The summed E-state index contributed by atoms with van der Waals surface area (Å²) < 4.78 is 5.08. The van der Waals surface area contributed by atoms with Crippen molar-refractivity contribution in [2.24, 2.45) is 0 Å². The van der Waals surface area contributed by atoms with E-state index in [0.717, 1.165) is 17.1 Å². The van der Waals surface area contributed by atoms with E-state index in [1.165, 1.54) is 5.56 Å². The molecule has 20 heavy (non-hydrogen) atoms. The molecule has 2 aromatic rings. The van der Waals surface area contributed by atoms with E-state index in [1.807, 2.05) is 55.5 Å². The molecule has 1 amide bonds. The molecule has 0 saturated carbocycles. The van der Waals surface area contributed by atoms with Crippen molar-refractivity contribution in [3.8, 4) is 5.75 Å². The average molecular weight is 270 g/mol. The van der Waals surface area contributed by atoms with Gasteiger partial charge in [-0.2, -0.15) is 0 Å². The average Bonchev–Trinajstić information content (AvgIpc) is 2.48. The van der Waals surface area contributed by atoms with Gasteiger partial charge in [0.2, 0.25) is 5.91 Å². The topological polar surface area (TPSA) is 50.4 Å². The molecule has 0 aliphatic rings. The van der Waals surface area contributed by atoms with E-state index in [2.05, 4.69) is 10.6 Å². The monoisotopic (exact) mass is 270 g/mol. The van der Waals surface area contributed by atoms with Crippen LogP contribution in [0.15, 0.2) is 48.5 Å². The summed E-state index contributed by atoms with van der Waals surface area (Å²) in [7, 11) is 1.62. The molecule has 0 unspecified atom stereocenters. The fourth-order valence-electron chi connectivity index (χ4n) is 1.73. The zero-order chi connectivity index (χ0) is 14.4. The number of methoxy groups -OCH3 is 1. The van der Waals surface area contributed by atoms with E-state index in [1.54, 1.807) is 7.11 Å². The maximum Gasteiger partial charge on any atom is 0.243 e. The molecule has 0 fully saturated rings. The quantitative estimate of drug-likeness (QED) is 0.878. The molecule has 104 valence electrons. The van der Waals surface area contributed by atoms with Gasteiger partial charge in [0.15, 0.2) is 0 Å².